The summed E-state index contributed by atoms with van der Waals surface area (Å²) in [6.45, 7) is 5.35. The van der Waals surface area contributed by atoms with Crippen molar-refractivity contribution in [3.63, 3.8) is 0 Å². The maximum Gasteiger partial charge on any atom is -0.0312 e. The predicted molar refractivity (Wildman–Crippen MR) is 78.7 cm³/mol. The Morgan fingerprint density at radius 1 is 0.400 bits per heavy atom. The van der Waals surface area contributed by atoms with Crippen molar-refractivity contribution in [3.8, 4) is 0 Å². The molecule has 0 aromatic heterocycles. The summed E-state index contributed by atoms with van der Waals surface area (Å²) in [7, 11) is 0. The van der Waals surface area contributed by atoms with Crippen molar-refractivity contribution < 1.29 is 0 Å². The molecule has 0 spiro atoms. The predicted octanol–water partition coefficient (Wildman–Crippen LogP) is 4.31. The lowest BCUT2D eigenvalue weighted by Crippen LogP contribution is -2.59. The first-order chi connectivity index (χ1) is 9.79. The Balaban J connectivity index is 1.30. The van der Waals surface area contributed by atoms with E-state index in [1.54, 1.807) is 25.7 Å². The second-order valence-electron chi connectivity index (χ2n) is 10.1. The van der Waals surface area contributed by atoms with Crippen LogP contribution in [-0.2, 0) is 0 Å². The molecule has 7 fully saturated rings. The lowest BCUT2D eigenvalue weighted by molar-refractivity contribution is -0.168. The summed E-state index contributed by atoms with van der Waals surface area (Å²) < 4.78 is 0. The third kappa shape index (κ3) is 0.774. The minimum absolute atomic E-state index is 1.12. The van der Waals surface area contributed by atoms with Crippen molar-refractivity contribution in [1.82, 2.24) is 0 Å². The zero-order chi connectivity index (χ0) is 12.9. The molecule has 20 heavy (non-hydrogen) atoms. The van der Waals surface area contributed by atoms with E-state index in [-0.39, 0.29) is 0 Å². The average molecular weight is 268 g/mol. The van der Waals surface area contributed by atoms with Gasteiger partial charge in [0.15, 0.2) is 0 Å². The van der Waals surface area contributed by atoms with Crippen LogP contribution in [0.4, 0.5) is 0 Å². The Morgan fingerprint density at radius 2 is 0.750 bits per heavy atom. The topological polar surface area (TPSA) is 0 Å². The summed E-state index contributed by atoms with van der Waals surface area (Å²) in [5, 5.41) is 0. The fourth-order valence-corrected chi connectivity index (χ4v) is 10.3. The molecule has 0 aromatic rings. The number of fused-ring (bicyclic) bond motifs is 14. The summed E-state index contributed by atoms with van der Waals surface area (Å²) in [4.78, 5) is 0. The van der Waals surface area contributed by atoms with Crippen LogP contribution in [0.3, 0.4) is 0 Å². The molecule has 0 radical (unpaired) electrons. The molecule has 14 unspecified atom stereocenters. The Morgan fingerprint density at radius 3 is 1.10 bits per heavy atom. The van der Waals surface area contributed by atoms with E-state index < -0.39 is 0 Å². The zero-order valence-electron chi connectivity index (χ0n) is 12.9. The van der Waals surface area contributed by atoms with Gasteiger partial charge in [0.05, 0.1) is 0 Å². The van der Waals surface area contributed by atoms with E-state index in [1.807, 2.05) is 0 Å². The van der Waals surface area contributed by atoms with Gasteiger partial charge >= 0.3 is 0 Å². The molecule has 0 bridgehead atoms. The van der Waals surface area contributed by atoms with E-state index in [1.165, 1.54) is 71.0 Å². The molecule has 0 heteroatoms. The van der Waals surface area contributed by atoms with Crippen LogP contribution >= 0.6 is 0 Å². The molecule has 0 aliphatic heterocycles. The molecule has 7 rings (SSSR count). The fraction of sp³-hybridized carbons (Fsp3) is 1.00. The summed E-state index contributed by atoms with van der Waals surface area (Å²) in [5.74, 6) is 16.9. The summed E-state index contributed by atoms with van der Waals surface area (Å²) in [6, 6.07) is 0. The lowest BCUT2D eigenvalue weighted by atomic mass is 9.40. The maximum absolute atomic E-state index is 2.68. The van der Waals surface area contributed by atoms with Gasteiger partial charge in [-0.1, -0.05) is 13.8 Å². The summed E-state index contributed by atoms with van der Waals surface area (Å²) in [5.41, 5.74) is 0. The van der Waals surface area contributed by atoms with Crippen molar-refractivity contribution in [2.75, 3.05) is 0 Å². The van der Waals surface area contributed by atoms with Gasteiger partial charge in [-0.05, 0) is 109 Å². The Labute approximate surface area is 123 Å². The standard InChI is InChI=1S/C20H28/c1-7-13-9-3-5-11(9)17(13)19-15(7)16-8(2)14-10-4-6-12(10)18(14)20(16)19/h7-20H,3-6H2,1-2H3. The normalized spacial score (nSPS) is 80.7. The van der Waals surface area contributed by atoms with Gasteiger partial charge in [-0.2, -0.15) is 0 Å². The molecule has 7 saturated carbocycles. The highest BCUT2D eigenvalue weighted by molar-refractivity contribution is 5.27. The fourth-order valence-electron chi connectivity index (χ4n) is 10.3. The molecule has 0 heterocycles. The van der Waals surface area contributed by atoms with Gasteiger partial charge in [0.25, 0.3) is 0 Å². The number of rotatable bonds is 0. The molecule has 0 saturated heterocycles. The molecule has 14 atom stereocenters. The Kier molecular flexibility index (Phi) is 1.55. The largest absolute Gasteiger partial charge is 0.0619 e. The van der Waals surface area contributed by atoms with Crippen LogP contribution in [0.15, 0.2) is 0 Å². The summed E-state index contributed by atoms with van der Waals surface area (Å²) >= 11 is 0. The second kappa shape index (κ2) is 2.91. The van der Waals surface area contributed by atoms with Crippen LogP contribution in [0.5, 0.6) is 0 Å². The minimum Gasteiger partial charge on any atom is -0.0619 e. The first-order valence-corrected chi connectivity index (χ1v) is 9.79. The monoisotopic (exact) mass is 268 g/mol. The van der Waals surface area contributed by atoms with Gasteiger partial charge in [0.1, 0.15) is 0 Å². The first kappa shape index (κ1) is 10.7. The molecule has 0 aromatic carbocycles. The zero-order valence-corrected chi connectivity index (χ0v) is 12.9. The quantitative estimate of drug-likeness (QED) is 0.614. The van der Waals surface area contributed by atoms with Crippen molar-refractivity contribution in [2.45, 2.75) is 39.5 Å². The van der Waals surface area contributed by atoms with E-state index in [9.17, 15) is 0 Å². The van der Waals surface area contributed by atoms with E-state index >= 15 is 0 Å². The van der Waals surface area contributed by atoms with Gasteiger partial charge in [-0.25, -0.2) is 0 Å². The minimum atomic E-state index is 1.12. The lowest BCUT2D eigenvalue weighted by Gasteiger charge is -2.64. The average Bonchev–Trinajstić information content (AvgIpc) is 2.64. The van der Waals surface area contributed by atoms with Gasteiger partial charge in [-0.15, -0.1) is 0 Å². The van der Waals surface area contributed by atoms with E-state index in [4.69, 9.17) is 0 Å². The van der Waals surface area contributed by atoms with Crippen LogP contribution in [0.25, 0.3) is 0 Å². The highest BCUT2D eigenvalue weighted by Crippen LogP contribution is 2.84. The van der Waals surface area contributed by atoms with Gasteiger partial charge in [0, 0.05) is 0 Å². The van der Waals surface area contributed by atoms with Gasteiger partial charge < -0.3 is 0 Å². The van der Waals surface area contributed by atoms with Crippen molar-refractivity contribution in [2.24, 2.45) is 82.9 Å². The summed E-state index contributed by atoms with van der Waals surface area (Å²) in [6.07, 6.45) is 6.46. The smallest absolute Gasteiger partial charge is 0.0312 e. The van der Waals surface area contributed by atoms with Crippen molar-refractivity contribution >= 4 is 0 Å². The molecule has 108 valence electrons. The van der Waals surface area contributed by atoms with Crippen molar-refractivity contribution in [1.29, 1.82) is 0 Å². The number of hydrogen-bond acceptors (Lipinski definition) is 0. The van der Waals surface area contributed by atoms with Crippen LogP contribution < -0.4 is 0 Å². The van der Waals surface area contributed by atoms with E-state index in [0.717, 1.165) is 11.8 Å². The molecule has 7 aliphatic rings. The Bertz CT molecular complexity index is 462. The SMILES string of the molecule is CC1C2C3CCC3C2C2C1C1C(C)C3C4CCC4C3C12. The maximum atomic E-state index is 2.68. The first-order valence-electron chi connectivity index (χ1n) is 9.79. The Hall–Kier alpha value is 0. The molecule has 0 N–H and O–H groups in total. The molecule has 0 nitrogen and oxygen atoms in total. The number of hydrogen-bond donors (Lipinski definition) is 0. The third-order valence-corrected chi connectivity index (χ3v) is 10.7. The molecule has 0 amide bonds. The van der Waals surface area contributed by atoms with Crippen LogP contribution in [-0.4, -0.2) is 0 Å². The second-order valence-corrected chi connectivity index (χ2v) is 10.1. The van der Waals surface area contributed by atoms with E-state index in [0.29, 0.717) is 0 Å². The molecular formula is C20H28. The van der Waals surface area contributed by atoms with Gasteiger partial charge in [-0.3, -0.25) is 0 Å². The van der Waals surface area contributed by atoms with Gasteiger partial charge in [0.2, 0.25) is 0 Å². The highest BCUT2D eigenvalue weighted by Gasteiger charge is 2.79. The van der Waals surface area contributed by atoms with Crippen LogP contribution in [0.1, 0.15) is 39.5 Å². The van der Waals surface area contributed by atoms with Crippen molar-refractivity contribution in [3.05, 3.63) is 0 Å². The highest BCUT2D eigenvalue weighted by atomic mass is 14.8. The molecular weight excluding hydrogens is 240 g/mol. The van der Waals surface area contributed by atoms with E-state index in [2.05, 4.69) is 13.8 Å². The third-order valence-electron chi connectivity index (χ3n) is 10.7. The molecule has 7 aliphatic carbocycles. The van der Waals surface area contributed by atoms with Crippen LogP contribution in [0, 0.1) is 82.9 Å². The van der Waals surface area contributed by atoms with Crippen LogP contribution in [0.2, 0.25) is 0 Å².